The molecule has 0 saturated heterocycles. The molecule has 2 heterocycles. The van der Waals surface area contributed by atoms with Crippen molar-refractivity contribution in [3.05, 3.63) is 69.7 Å². The van der Waals surface area contributed by atoms with Crippen LogP contribution in [0.4, 0.5) is 5.69 Å². The molecule has 5 rings (SSSR count). The summed E-state index contributed by atoms with van der Waals surface area (Å²) >= 11 is 3.15. The maximum Gasteiger partial charge on any atom is 0.265 e. The number of thiazole rings is 1. The van der Waals surface area contributed by atoms with Crippen LogP contribution in [0.1, 0.15) is 29.0 Å². The fourth-order valence-corrected chi connectivity index (χ4v) is 8.19. The summed E-state index contributed by atoms with van der Waals surface area (Å²) in [4.78, 5) is 3.09. The van der Waals surface area contributed by atoms with E-state index in [-0.39, 0.29) is 12.8 Å². The second kappa shape index (κ2) is 10.8. The molecule has 8 nitrogen and oxygen atoms in total. The van der Waals surface area contributed by atoms with Gasteiger partial charge in [-0.1, -0.05) is 47.4 Å². The van der Waals surface area contributed by atoms with E-state index in [1.165, 1.54) is 0 Å². The van der Waals surface area contributed by atoms with Crippen molar-refractivity contribution in [3.8, 4) is 0 Å². The molecule has 3 aromatic carbocycles. The lowest BCUT2D eigenvalue weighted by Crippen LogP contribution is -2.36. The van der Waals surface area contributed by atoms with E-state index in [1.54, 1.807) is 23.1 Å². The average Bonchev–Trinajstić information content (AvgIpc) is 3.35. The van der Waals surface area contributed by atoms with Gasteiger partial charge in [0.2, 0.25) is 5.52 Å². The minimum Gasteiger partial charge on any atom is -0.748 e. The van der Waals surface area contributed by atoms with Crippen molar-refractivity contribution < 1.29 is 30.5 Å². The van der Waals surface area contributed by atoms with Gasteiger partial charge in [-0.2, -0.15) is 4.57 Å². The molecule has 0 fully saturated rings. The zero-order chi connectivity index (χ0) is 27.9. The normalized spacial score (nSPS) is 15.1. The summed E-state index contributed by atoms with van der Waals surface area (Å²) in [5, 5.41) is 3.86. The molecular formula is C27H27N2O6S4-. The molecule has 1 aromatic heterocycles. The lowest BCUT2D eigenvalue weighted by atomic mass is 10.1. The van der Waals surface area contributed by atoms with Crippen molar-refractivity contribution >= 4 is 76.1 Å². The standard InChI is InChI=1S/C27H28N2O6S4/c1-18-15-22-24(16-19(18)2)37-25(28(22)11-5-13-38(30,31)32)17-26-29(12-6-14-39(33,34)35)27-21-8-4-3-7-20(21)9-10-23(27)36-26/h3-4,7-10,15-17H,5-6,11-14H2,1-2H3,(H-,30,31,32,33,34,35)/p-1. The Kier molecular flexibility index (Phi) is 7.79. The molecule has 1 aliphatic rings. The van der Waals surface area contributed by atoms with Crippen LogP contribution in [0.25, 0.3) is 27.1 Å². The van der Waals surface area contributed by atoms with E-state index in [0.717, 1.165) is 52.7 Å². The van der Waals surface area contributed by atoms with Crippen molar-refractivity contribution in [2.75, 3.05) is 23.0 Å². The molecule has 1 aliphatic heterocycles. The average molecular weight is 604 g/mol. The van der Waals surface area contributed by atoms with Crippen molar-refractivity contribution in [3.63, 3.8) is 0 Å². The van der Waals surface area contributed by atoms with Gasteiger partial charge in [0, 0.05) is 29.4 Å². The van der Waals surface area contributed by atoms with Gasteiger partial charge in [0.1, 0.15) is 4.70 Å². The van der Waals surface area contributed by atoms with Gasteiger partial charge in [0.25, 0.3) is 5.01 Å². The predicted molar refractivity (Wildman–Crippen MR) is 155 cm³/mol. The summed E-state index contributed by atoms with van der Waals surface area (Å²) in [6.07, 6.45) is 2.40. The first kappa shape index (κ1) is 28.1. The van der Waals surface area contributed by atoms with E-state index >= 15 is 0 Å². The number of aromatic nitrogens is 1. The Morgan fingerprint density at radius 1 is 0.923 bits per heavy atom. The maximum absolute atomic E-state index is 11.3. The molecule has 0 aliphatic carbocycles. The number of anilines is 1. The Morgan fingerprint density at radius 2 is 1.62 bits per heavy atom. The number of hydrogen-bond acceptors (Lipinski definition) is 9. The van der Waals surface area contributed by atoms with Gasteiger partial charge in [-0.15, -0.1) is 0 Å². The van der Waals surface area contributed by atoms with E-state index in [4.69, 9.17) is 0 Å². The van der Waals surface area contributed by atoms with E-state index in [9.17, 15) is 25.9 Å². The topological polar surface area (TPSA) is 122 Å². The van der Waals surface area contributed by atoms with Crippen molar-refractivity contribution in [2.24, 2.45) is 0 Å². The van der Waals surface area contributed by atoms with Crippen LogP contribution in [-0.4, -0.2) is 44.0 Å². The Morgan fingerprint density at radius 3 is 2.36 bits per heavy atom. The van der Waals surface area contributed by atoms with Gasteiger partial charge < -0.3 is 14.0 Å². The first-order valence-corrected chi connectivity index (χ1v) is 17.2. The SMILES string of the molecule is Cc1cc2c(cc1C)N(CCCS(=O)(=O)[O-])/C(=C/c1sc3ccc4ccccc4c3[n+]1CCCS(=O)(=O)[O-])S2. The van der Waals surface area contributed by atoms with Crippen LogP contribution < -0.4 is 9.47 Å². The summed E-state index contributed by atoms with van der Waals surface area (Å²) in [6.45, 7) is 4.77. The third-order valence-electron chi connectivity index (χ3n) is 6.76. The first-order chi connectivity index (χ1) is 18.4. The number of fused-ring (bicyclic) bond motifs is 4. The predicted octanol–water partition coefficient (Wildman–Crippen LogP) is 4.74. The zero-order valence-electron chi connectivity index (χ0n) is 21.4. The number of thioether (sulfide) groups is 1. The summed E-state index contributed by atoms with van der Waals surface area (Å²) in [5.41, 5.74) is 4.20. The molecular weight excluding hydrogens is 577 g/mol. The van der Waals surface area contributed by atoms with Crippen molar-refractivity contribution in [2.45, 2.75) is 38.1 Å². The van der Waals surface area contributed by atoms with Gasteiger partial charge in [-0.05, 0) is 61.0 Å². The van der Waals surface area contributed by atoms with Crippen molar-refractivity contribution in [1.82, 2.24) is 0 Å². The minimum absolute atomic E-state index is 0.179. The number of nitrogens with zero attached hydrogens (tertiary/aromatic N) is 2. The molecule has 0 saturated carbocycles. The molecule has 12 heteroatoms. The van der Waals surface area contributed by atoms with Crippen LogP contribution >= 0.6 is 23.1 Å². The van der Waals surface area contributed by atoms with E-state index < -0.39 is 31.7 Å². The summed E-state index contributed by atoms with van der Waals surface area (Å²) in [6, 6.07) is 16.3. The quantitative estimate of drug-likeness (QED) is 0.199. The largest absolute Gasteiger partial charge is 0.748 e. The number of rotatable bonds is 9. The smallest absolute Gasteiger partial charge is 0.265 e. The van der Waals surface area contributed by atoms with Crippen LogP contribution in [-0.2, 0) is 26.8 Å². The summed E-state index contributed by atoms with van der Waals surface area (Å²) < 4.78 is 71.0. The Hall–Kier alpha value is -2.48. The molecule has 0 N–H and O–H groups in total. The van der Waals surface area contributed by atoms with Crippen LogP contribution in [0, 0.1) is 13.8 Å². The second-order valence-corrected chi connectivity index (χ2v) is 14.8. The molecule has 0 atom stereocenters. The molecule has 39 heavy (non-hydrogen) atoms. The number of hydrogen-bond donors (Lipinski definition) is 0. The van der Waals surface area contributed by atoms with E-state index in [1.807, 2.05) is 55.2 Å². The van der Waals surface area contributed by atoms with Crippen molar-refractivity contribution in [1.29, 1.82) is 0 Å². The highest BCUT2D eigenvalue weighted by Gasteiger charge is 2.29. The molecule has 0 spiro atoms. The maximum atomic E-state index is 11.3. The van der Waals surface area contributed by atoms with Crippen LogP contribution in [0.3, 0.4) is 0 Å². The summed E-state index contributed by atoms with van der Waals surface area (Å²) in [5.74, 6) is -0.896. The fraction of sp³-hybridized carbons (Fsp3) is 0.296. The van der Waals surface area contributed by atoms with Crippen LogP contribution in [0.2, 0.25) is 0 Å². The molecule has 0 radical (unpaired) electrons. The van der Waals surface area contributed by atoms with Gasteiger partial charge >= 0.3 is 0 Å². The molecule has 0 amide bonds. The van der Waals surface area contributed by atoms with Crippen LogP contribution in [0.15, 0.2) is 58.5 Å². The Balaban J connectivity index is 1.62. The van der Waals surface area contributed by atoms with Gasteiger partial charge in [-0.25, -0.2) is 16.8 Å². The monoisotopic (exact) mass is 603 g/mol. The molecule has 206 valence electrons. The van der Waals surface area contributed by atoms with Gasteiger partial charge in [0.05, 0.1) is 42.4 Å². The molecule has 4 aromatic rings. The third kappa shape index (κ3) is 6.31. The van der Waals surface area contributed by atoms with Gasteiger partial charge in [0.15, 0.2) is 6.54 Å². The second-order valence-electron chi connectivity index (χ2n) is 9.60. The highest BCUT2D eigenvalue weighted by atomic mass is 32.2. The Labute approximate surface area is 236 Å². The van der Waals surface area contributed by atoms with Crippen LogP contribution in [0.5, 0.6) is 0 Å². The van der Waals surface area contributed by atoms with E-state index in [2.05, 4.69) is 22.8 Å². The lowest BCUT2D eigenvalue weighted by molar-refractivity contribution is -0.667. The van der Waals surface area contributed by atoms with E-state index in [0.29, 0.717) is 13.1 Å². The number of aryl methyl sites for hydroxylation is 3. The lowest BCUT2D eigenvalue weighted by Gasteiger charge is -2.21. The fourth-order valence-electron chi connectivity index (χ4n) is 4.80. The third-order valence-corrected chi connectivity index (χ3v) is 10.5. The number of benzene rings is 3. The minimum atomic E-state index is -4.35. The molecule has 0 unspecified atom stereocenters. The summed E-state index contributed by atoms with van der Waals surface area (Å²) in [7, 11) is -8.68. The molecule has 0 bridgehead atoms. The highest BCUT2D eigenvalue weighted by molar-refractivity contribution is 8.04. The zero-order valence-corrected chi connectivity index (χ0v) is 24.7. The Bertz CT molecular complexity index is 1830. The first-order valence-electron chi connectivity index (χ1n) is 12.4. The van der Waals surface area contributed by atoms with Gasteiger partial charge in [-0.3, -0.25) is 0 Å². The highest BCUT2D eigenvalue weighted by Crippen LogP contribution is 2.48.